The Bertz CT molecular complexity index is 929. The molecule has 2 unspecified atom stereocenters. The van der Waals surface area contributed by atoms with Crippen LogP contribution in [0.3, 0.4) is 0 Å². The Morgan fingerprint density at radius 1 is 1.28 bits per heavy atom. The van der Waals surface area contributed by atoms with Crippen LogP contribution in [-0.2, 0) is 21.2 Å². The first-order valence-electron chi connectivity index (χ1n) is 11.1. The zero-order chi connectivity index (χ0) is 23.7. The van der Waals surface area contributed by atoms with Gasteiger partial charge in [-0.15, -0.1) is 0 Å². The highest BCUT2D eigenvalue weighted by Crippen LogP contribution is 2.50. The third kappa shape index (κ3) is 5.80. The average molecular weight is 472 g/mol. The number of hydrogen-bond donors (Lipinski definition) is 2. The van der Waals surface area contributed by atoms with E-state index in [9.17, 15) is 22.7 Å². The molecule has 0 aromatic heterocycles. The Morgan fingerprint density at radius 2 is 2.00 bits per heavy atom. The number of aliphatic hydroxyl groups excluding tert-OH is 1. The normalized spacial score (nSPS) is 26.2. The van der Waals surface area contributed by atoms with Gasteiger partial charge in [-0.2, -0.15) is 0 Å². The summed E-state index contributed by atoms with van der Waals surface area (Å²) in [5.74, 6) is 0.296. The fourth-order valence-corrected chi connectivity index (χ4v) is 5.90. The van der Waals surface area contributed by atoms with Crippen molar-refractivity contribution in [2.45, 2.75) is 57.6 Å². The van der Waals surface area contributed by atoms with Crippen molar-refractivity contribution in [3.8, 4) is 0 Å². The fraction of sp³-hybridized carbons (Fsp3) is 0.696. The number of benzene rings is 1. The monoisotopic (exact) mass is 471 g/mol. The number of halogens is 1. The number of sulfone groups is 1. The minimum Gasteiger partial charge on any atom is -0.465 e. The van der Waals surface area contributed by atoms with Crippen LogP contribution in [0.5, 0.6) is 0 Å². The predicted molar refractivity (Wildman–Crippen MR) is 117 cm³/mol. The van der Waals surface area contributed by atoms with Crippen LogP contribution in [0.25, 0.3) is 0 Å². The molecule has 2 N–H and O–H groups in total. The van der Waals surface area contributed by atoms with E-state index in [1.165, 1.54) is 12.1 Å². The van der Waals surface area contributed by atoms with E-state index < -0.39 is 34.1 Å². The highest BCUT2D eigenvalue weighted by molar-refractivity contribution is 7.91. The number of piperidine rings is 1. The number of nitrogens with zero attached hydrogens (tertiary/aromatic N) is 1. The molecule has 9 heteroatoms. The van der Waals surface area contributed by atoms with Crippen molar-refractivity contribution in [2.75, 3.05) is 25.5 Å². The summed E-state index contributed by atoms with van der Waals surface area (Å²) >= 11 is 0. The first-order chi connectivity index (χ1) is 14.9. The third-order valence-electron chi connectivity index (χ3n) is 6.80. The molecule has 0 bridgehead atoms. The quantitative estimate of drug-likeness (QED) is 0.601. The number of amides is 1. The van der Waals surface area contributed by atoms with Gasteiger partial charge in [-0.25, -0.2) is 17.6 Å². The van der Waals surface area contributed by atoms with E-state index in [2.05, 4.69) is 20.8 Å². The van der Waals surface area contributed by atoms with Gasteiger partial charge in [0.15, 0.2) is 9.84 Å². The van der Waals surface area contributed by atoms with Crippen molar-refractivity contribution in [1.29, 1.82) is 0 Å². The van der Waals surface area contributed by atoms with Gasteiger partial charge in [0.05, 0.1) is 30.5 Å². The Balaban J connectivity index is 1.50. The van der Waals surface area contributed by atoms with E-state index in [4.69, 9.17) is 9.84 Å². The molecule has 2 aliphatic rings. The SMILES string of the molecule is CC(C)(C)C1CC([C@H]2C[C@H]2COCc2ccc(S(=O)(=O)CCO)cc2F)CCN1C(=O)O. The van der Waals surface area contributed by atoms with Crippen LogP contribution in [0.4, 0.5) is 9.18 Å². The Morgan fingerprint density at radius 3 is 2.59 bits per heavy atom. The molecule has 1 saturated heterocycles. The highest BCUT2D eigenvalue weighted by Gasteiger charge is 2.48. The molecule has 0 spiro atoms. The van der Waals surface area contributed by atoms with Gasteiger partial charge in [0, 0.05) is 18.2 Å². The summed E-state index contributed by atoms with van der Waals surface area (Å²) in [7, 11) is -3.69. The van der Waals surface area contributed by atoms with Gasteiger partial charge in [0.25, 0.3) is 0 Å². The summed E-state index contributed by atoms with van der Waals surface area (Å²) in [4.78, 5) is 13.0. The van der Waals surface area contributed by atoms with Crippen molar-refractivity contribution in [3.05, 3.63) is 29.6 Å². The van der Waals surface area contributed by atoms with Crippen molar-refractivity contribution in [3.63, 3.8) is 0 Å². The van der Waals surface area contributed by atoms with Crippen LogP contribution in [0.1, 0.15) is 45.6 Å². The van der Waals surface area contributed by atoms with Gasteiger partial charge in [0.1, 0.15) is 5.82 Å². The van der Waals surface area contributed by atoms with E-state index in [-0.39, 0.29) is 23.0 Å². The molecular formula is C23H34FNO6S. The van der Waals surface area contributed by atoms with Gasteiger partial charge in [-0.3, -0.25) is 0 Å². The van der Waals surface area contributed by atoms with E-state index in [1.807, 2.05) is 0 Å². The predicted octanol–water partition coefficient (Wildman–Crippen LogP) is 3.55. The first kappa shape index (κ1) is 24.9. The topological polar surface area (TPSA) is 104 Å². The molecule has 1 amide bonds. The smallest absolute Gasteiger partial charge is 0.407 e. The van der Waals surface area contributed by atoms with Crippen molar-refractivity contribution in [1.82, 2.24) is 4.90 Å². The lowest BCUT2D eigenvalue weighted by molar-refractivity contribution is 0.0325. The van der Waals surface area contributed by atoms with Gasteiger partial charge >= 0.3 is 6.09 Å². The molecule has 32 heavy (non-hydrogen) atoms. The second-order valence-corrected chi connectivity index (χ2v) is 12.2. The minimum absolute atomic E-state index is 0.00404. The largest absolute Gasteiger partial charge is 0.465 e. The summed E-state index contributed by atoms with van der Waals surface area (Å²) in [6.07, 6.45) is 1.90. The molecule has 3 rings (SSSR count). The molecule has 1 aliphatic heterocycles. The summed E-state index contributed by atoms with van der Waals surface area (Å²) < 4.78 is 43.9. The van der Waals surface area contributed by atoms with E-state index in [0.717, 1.165) is 25.3 Å². The molecular weight excluding hydrogens is 437 g/mol. The second-order valence-electron chi connectivity index (χ2n) is 10.1. The van der Waals surface area contributed by atoms with Gasteiger partial charge in [-0.05, 0) is 54.6 Å². The van der Waals surface area contributed by atoms with Crippen molar-refractivity contribution < 1.29 is 32.6 Å². The van der Waals surface area contributed by atoms with Crippen LogP contribution >= 0.6 is 0 Å². The maximum atomic E-state index is 14.3. The zero-order valence-electron chi connectivity index (χ0n) is 19.0. The molecule has 7 nitrogen and oxygen atoms in total. The Hall–Kier alpha value is -1.71. The second kappa shape index (κ2) is 9.65. The number of likely N-dealkylation sites (tertiary alicyclic amines) is 1. The molecule has 1 aromatic carbocycles. The Kier molecular flexibility index (Phi) is 7.51. The van der Waals surface area contributed by atoms with Crippen LogP contribution in [0.2, 0.25) is 0 Å². The number of aliphatic hydroxyl groups is 1. The van der Waals surface area contributed by atoms with E-state index in [1.54, 1.807) is 4.90 Å². The molecule has 1 saturated carbocycles. The number of rotatable bonds is 8. The zero-order valence-corrected chi connectivity index (χ0v) is 19.8. The maximum absolute atomic E-state index is 14.3. The van der Waals surface area contributed by atoms with E-state index in [0.29, 0.717) is 36.5 Å². The number of carbonyl (C=O) groups is 1. The molecule has 180 valence electrons. The molecule has 1 aliphatic carbocycles. The summed E-state index contributed by atoms with van der Waals surface area (Å²) in [5.41, 5.74) is 0.180. The lowest BCUT2D eigenvalue weighted by atomic mass is 9.75. The Labute approximate surface area is 189 Å². The highest BCUT2D eigenvalue weighted by atomic mass is 32.2. The standard InChI is InChI=1S/C23H34FNO6S/c1-23(2,3)21-11-15(6-7-25(21)22(27)28)19-10-17(19)14-31-13-16-4-5-18(12-20(16)24)32(29,30)9-8-26/h4-5,12,15,17,19,21,26H,6-11,13-14H2,1-3H3,(H,27,28)/t15?,17-,19+,21?/m0/s1. The first-order valence-corrected chi connectivity index (χ1v) is 12.8. The van der Waals surface area contributed by atoms with Crippen molar-refractivity contribution in [2.24, 2.45) is 23.2 Å². The number of ether oxygens (including phenoxy) is 1. The fourth-order valence-electron chi connectivity index (χ4n) is 4.87. The van der Waals surface area contributed by atoms with Crippen molar-refractivity contribution >= 4 is 15.9 Å². The molecule has 0 radical (unpaired) electrons. The number of carboxylic acid groups (broad SMARTS) is 1. The lowest BCUT2D eigenvalue weighted by Gasteiger charge is -2.45. The van der Waals surface area contributed by atoms with Crippen LogP contribution in [0, 0.1) is 29.0 Å². The molecule has 1 aromatic rings. The lowest BCUT2D eigenvalue weighted by Crippen LogP contribution is -2.51. The average Bonchev–Trinajstić information content (AvgIpc) is 3.47. The minimum atomic E-state index is -3.69. The van der Waals surface area contributed by atoms with Crippen LogP contribution < -0.4 is 0 Å². The number of hydrogen-bond acceptors (Lipinski definition) is 5. The molecule has 2 fully saturated rings. The van der Waals surface area contributed by atoms with Gasteiger partial charge < -0.3 is 19.8 Å². The van der Waals surface area contributed by atoms with Gasteiger partial charge in [0.2, 0.25) is 0 Å². The summed E-state index contributed by atoms with van der Waals surface area (Å²) in [6, 6.07) is 3.73. The summed E-state index contributed by atoms with van der Waals surface area (Å²) in [5, 5.41) is 18.4. The third-order valence-corrected chi connectivity index (χ3v) is 8.50. The summed E-state index contributed by atoms with van der Waals surface area (Å²) in [6.45, 7) is 6.87. The van der Waals surface area contributed by atoms with Gasteiger partial charge in [-0.1, -0.05) is 26.8 Å². The molecule has 1 heterocycles. The van der Waals surface area contributed by atoms with Crippen LogP contribution in [-0.4, -0.2) is 61.2 Å². The van der Waals surface area contributed by atoms with Crippen LogP contribution in [0.15, 0.2) is 23.1 Å². The maximum Gasteiger partial charge on any atom is 0.407 e. The molecule has 4 atom stereocenters. The van der Waals surface area contributed by atoms with E-state index >= 15 is 0 Å².